The van der Waals surface area contributed by atoms with Crippen LogP contribution < -0.4 is 5.32 Å². The molecule has 0 saturated heterocycles. The summed E-state index contributed by atoms with van der Waals surface area (Å²) >= 11 is 3.18. The molecule has 3 heterocycles. The molecule has 1 aromatic carbocycles. The van der Waals surface area contributed by atoms with E-state index >= 15 is 0 Å². The largest absolute Gasteiger partial charge is 0.462 e. The van der Waals surface area contributed by atoms with Gasteiger partial charge in [0.1, 0.15) is 5.00 Å². The summed E-state index contributed by atoms with van der Waals surface area (Å²) in [6, 6.07) is 13.6. The van der Waals surface area contributed by atoms with Crippen molar-refractivity contribution >= 4 is 50.5 Å². The number of rotatable bonds is 5. The van der Waals surface area contributed by atoms with Crippen LogP contribution in [0.3, 0.4) is 0 Å². The number of hydrogen-bond acceptors (Lipinski definition) is 6. The first-order chi connectivity index (χ1) is 17.0. The first-order valence-electron chi connectivity index (χ1n) is 12.1. The van der Waals surface area contributed by atoms with Gasteiger partial charge in [-0.05, 0) is 69.4 Å². The molecule has 0 radical (unpaired) electrons. The minimum absolute atomic E-state index is 0.238. The van der Waals surface area contributed by atoms with Gasteiger partial charge in [-0.3, -0.25) is 4.79 Å². The molecule has 1 amide bonds. The summed E-state index contributed by atoms with van der Waals surface area (Å²) in [5.74, 6) is -0.590. The third-order valence-electron chi connectivity index (χ3n) is 6.33. The van der Waals surface area contributed by atoms with E-state index in [4.69, 9.17) is 9.72 Å². The summed E-state index contributed by atoms with van der Waals surface area (Å²) in [6.45, 7) is 4.17. The molecule has 0 spiro atoms. The molecule has 35 heavy (non-hydrogen) atoms. The number of esters is 1. The molecule has 7 heteroatoms. The summed E-state index contributed by atoms with van der Waals surface area (Å²) in [7, 11) is 0. The van der Waals surface area contributed by atoms with Crippen LogP contribution in [0.15, 0.2) is 42.5 Å². The average Bonchev–Trinajstić information content (AvgIpc) is 3.41. The van der Waals surface area contributed by atoms with Crippen molar-refractivity contribution in [2.24, 2.45) is 0 Å². The second-order valence-corrected chi connectivity index (χ2v) is 11.2. The van der Waals surface area contributed by atoms with Gasteiger partial charge in [-0.1, -0.05) is 31.0 Å². The van der Waals surface area contributed by atoms with Crippen LogP contribution in [0.2, 0.25) is 0 Å². The molecule has 3 aromatic heterocycles. The zero-order valence-corrected chi connectivity index (χ0v) is 21.6. The Balaban J connectivity index is 1.57. The third kappa shape index (κ3) is 4.88. The molecule has 5 nitrogen and oxygen atoms in total. The molecular weight excluding hydrogens is 476 g/mol. The number of pyridine rings is 1. The van der Waals surface area contributed by atoms with E-state index in [9.17, 15) is 9.59 Å². The number of amides is 1. The number of aromatic nitrogens is 1. The lowest BCUT2D eigenvalue weighted by molar-refractivity contribution is 0.0526. The number of benzene rings is 1. The maximum absolute atomic E-state index is 13.7. The van der Waals surface area contributed by atoms with Crippen LogP contribution in [0.1, 0.15) is 68.6 Å². The molecule has 0 unspecified atom stereocenters. The number of aryl methyl sites for hydroxylation is 2. The molecule has 0 saturated carbocycles. The summed E-state index contributed by atoms with van der Waals surface area (Å²) in [6.07, 6.45) is 6.27. The zero-order valence-electron chi connectivity index (χ0n) is 20.0. The Morgan fingerprint density at radius 3 is 2.60 bits per heavy atom. The molecule has 0 aliphatic heterocycles. The van der Waals surface area contributed by atoms with Crippen LogP contribution in [0.25, 0.3) is 21.5 Å². The average molecular weight is 505 g/mol. The van der Waals surface area contributed by atoms with E-state index in [2.05, 4.69) is 18.3 Å². The van der Waals surface area contributed by atoms with Crippen molar-refractivity contribution in [3.63, 3.8) is 0 Å². The minimum atomic E-state index is -0.352. The molecule has 5 rings (SSSR count). The van der Waals surface area contributed by atoms with Gasteiger partial charge in [-0.2, -0.15) is 0 Å². The molecule has 0 atom stereocenters. The summed E-state index contributed by atoms with van der Waals surface area (Å²) in [5, 5.41) is 4.47. The van der Waals surface area contributed by atoms with Gasteiger partial charge in [-0.15, -0.1) is 22.7 Å². The Hall–Kier alpha value is -3.03. The number of ether oxygens (including phenoxy) is 1. The predicted molar refractivity (Wildman–Crippen MR) is 144 cm³/mol. The van der Waals surface area contributed by atoms with Gasteiger partial charge >= 0.3 is 5.97 Å². The normalized spacial score (nSPS) is 13.7. The Labute approximate surface area is 213 Å². The fourth-order valence-electron chi connectivity index (χ4n) is 4.66. The van der Waals surface area contributed by atoms with Crippen molar-refractivity contribution in [3.8, 4) is 10.6 Å². The lowest BCUT2D eigenvalue weighted by Gasteiger charge is -2.12. The lowest BCUT2D eigenvalue weighted by Crippen LogP contribution is -2.16. The number of hydrogen-bond donors (Lipinski definition) is 1. The molecule has 1 aliphatic rings. The minimum Gasteiger partial charge on any atom is -0.462 e. The van der Waals surface area contributed by atoms with Crippen molar-refractivity contribution in [1.82, 2.24) is 4.98 Å². The van der Waals surface area contributed by atoms with Crippen molar-refractivity contribution in [1.29, 1.82) is 0 Å². The second-order valence-electron chi connectivity index (χ2n) is 8.78. The number of carbonyl (C=O) groups is 2. The Bertz CT molecular complexity index is 1400. The number of carbonyl (C=O) groups excluding carboxylic acids is 2. The Morgan fingerprint density at radius 2 is 1.83 bits per heavy atom. The number of nitrogens with one attached hydrogen (secondary N) is 1. The van der Waals surface area contributed by atoms with Crippen LogP contribution in [-0.2, 0) is 17.6 Å². The number of anilines is 1. The van der Waals surface area contributed by atoms with Crippen LogP contribution in [-0.4, -0.2) is 23.5 Å². The topological polar surface area (TPSA) is 68.3 Å². The molecule has 0 bridgehead atoms. The highest BCUT2D eigenvalue weighted by Crippen LogP contribution is 2.38. The summed E-state index contributed by atoms with van der Waals surface area (Å²) in [4.78, 5) is 34.9. The fourth-order valence-corrected chi connectivity index (χ4v) is 6.76. The first-order valence-corrected chi connectivity index (χ1v) is 13.8. The quantitative estimate of drug-likeness (QED) is 0.287. The highest BCUT2D eigenvalue weighted by atomic mass is 32.1. The smallest absolute Gasteiger partial charge is 0.341 e. The highest BCUT2D eigenvalue weighted by Gasteiger charge is 2.27. The maximum Gasteiger partial charge on any atom is 0.341 e. The number of nitrogens with zero attached hydrogens (tertiary/aromatic N) is 1. The Kier molecular flexibility index (Phi) is 6.97. The summed E-state index contributed by atoms with van der Waals surface area (Å²) in [5.41, 5.74) is 3.68. The first kappa shape index (κ1) is 23.7. The van der Waals surface area contributed by atoms with Crippen molar-refractivity contribution < 1.29 is 14.3 Å². The lowest BCUT2D eigenvalue weighted by atomic mass is 9.96. The van der Waals surface area contributed by atoms with Crippen molar-refractivity contribution in [2.75, 3.05) is 11.9 Å². The maximum atomic E-state index is 13.7. The third-order valence-corrected chi connectivity index (χ3v) is 8.56. The van der Waals surface area contributed by atoms with E-state index in [0.29, 0.717) is 22.7 Å². The van der Waals surface area contributed by atoms with Gasteiger partial charge < -0.3 is 10.1 Å². The standard InChI is InChI=1S/C28H28N2O3S2/c1-3-33-28(32)25-19-11-6-4-5-7-13-23(19)35-27(25)30-26(31)20-16-22(24-15-14-17(2)34-24)29-21-12-9-8-10-18(20)21/h8-10,12,14-16H,3-7,11,13H2,1-2H3,(H,30,31). The van der Waals surface area contributed by atoms with Gasteiger partial charge in [0.05, 0.1) is 33.8 Å². The van der Waals surface area contributed by atoms with Gasteiger partial charge in [0.15, 0.2) is 0 Å². The molecule has 0 fully saturated rings. The number of thiophene rings is 2. The van der Waals surface area contributed by atoms with Crippen LogP contribution in [0.4, 0.5) is 5.00 Å². The van der Waals surface area contributed by atoms with E-state index < -0.39 is 0 Å². The zero-order chi connectivity index (χ0) is 24.4. The van der Waals surface area contributed by atoms with E-state index in [1.807, 2.05) is 43.3 Å². The SMILES string of the molecule is CCOC(=O)c1c(NC(=O)c2cc(-c3ccc(C)s3)nc3ccccc23)sc2c1CCCCCC2. The molecular formula is C28H28N2O3S2. The molecule has 1 aliphatic carbocycles. The van der Waals surface area contributed by atoms with Crippen molar-refractivity contribution in [2.45, 2.75) is 52.4 Å². The number of para-hydroxylation sites is 1. The van der Waals surface area contributed by atoms with Crippen molar-refractivity contribution in [3.05, 3.63) is 68.9 Å². The van der Waals surface area contributed by atoms with Crippen LogP contribution >= 0.6 is 22.7 Å². The van der Waals surface area contributed by atoms with Crippen LogP contribution in [0, 0.1) is 6.92 Å². The van der Waals surface area contributed by atoms with E-state index in [1.165, 1.54) is 27.5 Å². The molecule has 4 aromatic rings. The Morgan fingerprint density at radius 1 is 1.03 bits per heavy atom. The van der Waals surface area contributed by atoms with Gasteiger partial charge in [0, 0.05) is 15.1 Å². The van der Waals surface area contributed by atoms with Gasteiger partial charge in [0.2, 0.25) is 0 Å². The van der Waals surface area contributed by atoms with E-state index in [0.717, 1.165) is 59.1 Å². The predicted octanol–water partition coefficient (Wildman–Crippen LogP) is 7.42. The number of fused-ring (bicyclic) bond motifs is 2. The van der Waals surface area contributed by atoms with Gasteiger partial charge in [-0.25, -0.2) is 9.78 Å². The van der Waals surface area contributed by atoms with Gasteiger partial charge in [0.25, 0.3) is 5.91 Å². The molecule has 1 N–H and O–H groups in total. The van der Waals surface area contributed by atoms with E-state index in [1.54, 1.807) is 11.3 Å². The summed E-state index contributed by atoms with van der Waals surface area (Å²) < 4.78 is 5.41. The molecule has 180 valence electrons. The fraction of sp³-hybridized carbons (Fsp3) is 0.321. The second kappa shape index (κ2) is 10.3. The monoisotopic (exact) mass is 504 g/mol. The van der Waals surface area contributed by atoms with Crippen LogP contribution in [0.5, 0.6) is 0 Å². The van der Waals surface area contributed by atoms with E-state index in [-0.39, 0.29) is 11.9 Å². The highest BCUT2D eigenvalue weighted by molar-refractivity contribution is 7.17.